The molecular formula is C24H27FN4O6S. The van der Waals surface area contributed by atoms with Crippen LogP contribution in [-0.2, 0) is 33.5 Å². The van der Waals surface area contributed by atoms with Crippen molar-refractivity contribution in [2.75, 3.05) is 25.4 Å². The van der Waals surface area contributed by atoms with Crippen molar-refractivity contribution in [1.29, 1.82) is 0 Å². The fourth-order valence-corrected chi connectivity index (χ4v) is 5.64. The number of ether oxygens (including phenoxy) is 1. The molecule has 1 aromatic heterocycles. The van der Waals surface area contributed by atoms with Crippen LogP contribution < -0.4 is 10.9 Å². The maximum absolute atomic E-state index is 13.9. The van der Waals surface area contributed by atoms with Crippen LogP contribution in [0.2, 0.25) is 0 Å². The Balaban J connectivity index is 1.53. The summed E-state index contributed by atoms with van der Waals surface area (Å²) in [7, 11) is -3.34. The SMILES string of the molecule is CC1(C)OCCn2c1nc(C(=O)NCc1ccc(F)cc1C#CCN1CCCCS1(=O)=O)c(O)c2=O. The van der Waals surface area contributed by atoms with Crippen LogP contribution in [0.4, 0.5) is 4.39 Å². The number of aromatic nitrogens is 2. The summed E-state index contributed by atoms with van der Waals surface area (Å²) in [5, 5.41) is 12.9. The van der Waals surface area contributed by atoms with Crippen molar-refractivity contribution in [2.45, 2.75) is 45.4 Å². The smallest absolute Gasteiger partial charge is 0.296 e. The third-order valence-electron chi connectivity index (χ3n) is 6.12. The lowest BCUT2D eigenvalue weighted by molar-refractivity contribution is -0.0566. The molecule has 1 fully saturated rings. The maximum atomic E-state index is 13.9. The van der Waals surface area contributed by atoms with Crippen molar-refractivity contribution in [3.05, 3.63) is 57.0 Å². The van der Waals surface area contributed by atoms with Crippen LogP contribution in [0.5, 0.6) is 5.75 Å². The van der Waals surface area contributed by atoms with E-state index in [0.717, 1.165) is 6.42 Å². The minimum Gasteiger partial charge on any atom is -0.501 e. The van der Waals surface area contributed by atoms with Gasteiger partial charge in [0.15, 0.2) is 5.69 Å². The molecule has 2 N–H and O–H groups in total. The molecule has 1 saturated heterocycles. The van der Waals surface area contributed by atoms with E-state index < -0.39 is 44.4 Å². The quantitative estimate of drug-likeness (QED) is 0.579. The molecule has 0 spiro atoms. The number of carbonyl (C=O) groups is 1. The second-order valence-electron chi connectivity index (χ2n) is 9.09. The molecule has 2 aliphatic heterocycles. The van der Waals surface area contributed by atoms with Crippen LogP contribution in [0, 0.1) is 17.7 Å². The molecule has 0 bridgehead atoms. The molecule has 0 radical (unpaired) electrons. The van der Waals surface area contributed by atoms with E-state index in [1.165, 1.54) is 27.1 Å². The lowest BCUT2D eigenvalue weighted by Crippen LogP contribution is -2.42. The topological polar surface area (TPSA) is 131 Å². The minimum atomic E-state index is -3.34. The van der Waals surface area contributed by atoms with Gasteiger partial charge in [0.2, 0.25) is 15.8 Å². The normalized spacial score (nSPS) is 18.5. The van der Waals surface area contributed by atoms with Gasteiger partial charge < -0.3 is 15.2 Å². The Morgan fingerprint density at radius 1 is 1.31 bits per heavy atom. The highest BCUT2D eigenvalue weighted by Gasteiger charge is 2.34. The minimum absolute atomic E-state index is 0.0145. The number of hydrogen-bond acceptors (Lipinski definition) is 7. The molecule has 4 rings (SSSR count). The van der Waals surface area contributed by atoms with Gasteiger partial charge in [0.05, 0.1) is 25.4 Å². The molecule has 12 heteroatoms. The highest BCUT2D eigenvalue weighted by atomic mass is 32.2. The molecule has 192 valence electrons. The van der Waals surface area contributed by atoms with Gasteiger partial charge in [-0.15, -0.1) is 0 Å². The van der Waals surface area contributed by atoms with Crippen molar-refractivity contribution in [3.63, 3.8) is 0 Å². The summed E-state index contributed by atoms with van der Waals surface area (Å²) in [6.07, 6.45) is 1.38. The van der Waals surface area contributed by atoms with Crippen molar-refractivity contribution in [1.82, 2.24) is 19.2 Å². The highest BCUT2D eigenvalue weighted by molar-refractivity contribution is 7.89. The number of fused-ring (bicyclic) bond motifs is 1. The zero-order chi connectivity index (χ0) is 26.1. The summed E-state index contributed by atoms with van der Waals surface area (Å²) in [5.41, 5.74) is -1.35. The van der Waals surface area contributed by atoms with Crippen molar-refractivity contribution < 1.29 is 27.4 Å². The van der Waals surface area contributed by atoms with Gasteiger partial charge in [-0.05, 0) is 44.4 Å². The molecular weight excluding hydrogens is 491 g/mol. The van der Waals surface area contributed by atoms with E-state index in [1.54, 1.807) is 13.8 Å². The number of halogens is 1. The second kappa shape index (κ2) is 10.0. The Bertz CT molecular complexity index is 1420. The molecule has 0 aliphatic carbocycles. The molecule has 0 atom stereocenters. The van der Waals surface area contributed by atoms with Gasteiger partial charge in [-0.25, -0.2) is 17.8 Å². The Kier molecular flexibility index (Phi) is 7.17. The summed E-state index contributed by atoms with van der Waals surface area (Å²) >= 11 is 0. The molecule has 36 heavy (non-hydrogen) atoms. The van der Waals surface area contributed by atoms with Gasteiger partial charge in [-0.2, -0.15) is 4.31 Å². The van der Waals surface area contributed by atoms with Gasteiger partial charge in [-0.3, -0.25) is 14.2 Å². The summed E-state index contributed by atoms with van der Waals surface area (Å²) in [6, 6.07) is 3.85. The average molecular weight is 519 g/mol. The van der Waals surface area contributed by atoms with E-state index in [4.69, 9.17) is 4.74 Å². The molecule has 0 unspecified atom stereocenters. The molecule has 1 aromatic carbocycles. The van der Waals surface area contributed by atoms with Gasteiger partial charge in [0.1, 0.15) is 17.2 Å². The van der Waals surface area contributed by atoms with E-state index >= 15 is 0 Å². The van der Waals surface area contributed by atoms with E-state index in [0.29, 0.717) is 18.5 Å². The van der Waals surface area contributed by atoms with Gasteiger partial charge in [-0.1, -0.05) is 17.9 Å². The predicted octanol–water partition coefficient (Wildman–Crippen LogP) is 1.06. The number of benzene rings is 1. The molecule has 10 nitrogen and oxygen atoms in total. The number of aromatic hydroxyl groups is 1. The van der Waals surface area contributed by atoms with E-state index in [1.807, 2.05) is 0 Å². The monoisotopic (exact) mass is 518 g/mol. The molecule has 1 amide bonds. The zero-order valence-corrected chi connectivity index (χ0v) is 20.8. The predicted molar refractivity (Wildman–Crippen MR) is 128 cm³/mol. The average Bonchev–Trinajstić information content (AvgIpc) is 2.81. The lowest BCUT2D eigenvalue weighted by Gasteiger charge is -2.32. The summed E-state index contributed by atoms with van der Waals surface area (Å²) < 4.78 is 46.4. The Labute approximate surface area is 208 Å². The summed E-state index contributed by atoms with van der Waals surface area (Å²) in [6.45, 7) is 4.18. The fourth-order valence-electron chi connectivity index (χ4n) is 4.15. The van der Waals surface area contributed by atoms with Crippen LogP contribution in [-0.4, -0.2) is 58.7 Å². The number of nitrogens with one attached hydrogen (secondary N) is 1. The number of hydrogen-bond donors (Lipinski definition) is 2. The number of sulfonamides is 1. The fraction of sp³-hybridized carbons (Fsp3) is 0.458. The summed E-state index contributed by atoms with van der Waals surface area (Å²) in [5.74, 6) is 3.78. The maximum Gasteiger partial charge on any atom is 0.296 e. The standard InChI is InChI=1S/C24H27FN4O6S/c1-24(2)23-27-19(20(30)22(32)29(23)11-12-35-24)21(31)26-15-17-7-8-18(25)14-16(17)6-5-10-28-9-3-4-13-36(28,33)34/h7-8,14,30H,3-4,9-13,15H2,1-2H3,(H,26,31). The molecule has 3 heterocycles. The van der Waals surface area contributed by atoms with E-state index in [-0.39, 0.29) is 43.4 Å². The van der Waals surface area contributed by atoms with Crippen LogP contribution in [0.3, 0.4) is 0 Å². The first-order chi connectivity index (χ1) is 17.0. The number of carbonyl (C=O) groups excluding carboxylic acids is 1. The largest absolute Gasteiger partial charge is 0.501 e. The van der Waals surface area contributed by atoms with Gasteiger partial charge >= 0.3 is 0 Å². The van der Waals surface area contributed by atoms with Crippen LogP contribution in [0.1, 0.15) is 54.1 Å². The first kappa shape index (κ1) is 25.8. The Morgan fingerprint density at radius 3 is 2.83 bits per heavy atom. The number of amides is 1. The van der Waals surface area contributed by atoms with Gasteiger partial charge in [0.25, 0.3) is 11.5 Å². The van der Waals surface area contributed by atoms with Crippen LogP contribution >= 0.6 is 0 Å². The van der Waals surface area contributed by atoms with Crippen molar-refractivity contribution in [3.8, 4) is 17.6 Å². The number of nitrogens with zero attached hydrogens (tertiary/aromatic N) is 3. The summed E-state index contributed by atoms with van der Waals surface area (Å²) in [4.78, 5) is 29.7. The zero-order valence-electron chi connectivity index (χ0n) is 20.0. The molecule has 2 aliphatic rings. The third-order valence-corrected chi connectivity index (χ3v) is 8.02. The third kappa shape index (κ3) is 5.28. The highest BCUT2D eigenvalue weighted by Crippen LogP contribution is 2.27. The lowest BCUT2D eigenvalue weighted by atomic mass is 10.1. The first-order valence-electron chi connectivity index (χ1n) is 11.5. The van der Waals surface area contributed by atoms with Gasteiger partial charge in [0, 0.05) is 18.7 Å². The van der Waals surface area contributed by atoms with Crippen LogP contribution in [0.25, 0.3) is 0 Å². The van der Waals surface area contributed by atoms with Crippen molar-refractivity contribution >= 4 is 15.9 Å². The Morgan fingerprint density at radius 2 is 2.08 bits per heavy atom. The Hall–Kier alpha value is -3.27. The molecule has 2 aromatic rings. The van der Waals surface area contributed by atoms with E-state index in [9.17, 15) is 27.5 Å². The van der Waals surface area contributed by atoms with E-state index in [2.05, 4.69) is 22.1 Å². The second-order valence-corrected chi connectivity index (χ2v) is 11.2. The first-order valence-corrected chi connectivity index (χ1v) is 13.1. The van der Waals surface area contributed by atoms with Crippen molar-refractivity contribution in [2.24, 2.45) is 0 Å². The molecule has 0 saturated carbocycles. The number of rotatable bonds is 4. The van der Waals surface area contributed by atoms with Crippen LogP contribution in [0.15, 0.2) is 23.0 Å².